The Morgan fingerprint density at radius 1 is 0.488 bits per heavy atom. The Kier molecular flexibility index (Phi) is 8.82. The van der Waals surface area contributed by atoms with E-state index >= 15 is 0 Å². The molecule has 2 heterocycles. The van der Waals surface area contributed by atoms with Gasteiger partial charge in [0.05, 0.1) is 0 Å². The van der Waals surface area contributed by atoms with Crippen LogP contribution >= 0.6 is 15.8 Å². The zero-order valence-corrected chi connectivity index (χ0v) is 26.8. The molecule has 2 atom stereocenters. The summed E-state index contributed by atoms with van der Waals surface area (Å²) >= 11 is 0. The largest absolute Gasteiger partial charge is 0.0802 e. The summed E-state index contributed by atoms with van der Waals surface area (Å²) in [6.07, 6.45) is 13.3. The molecule has 212 valence electrons. The van der Waals surface area contributed by atoms with E-state index in [4.69, 9.17) is 0 Å². The summed E-state index contributed by atoms with van der Waals surface area (Å²) < 4.78 is 0. The van der Waals surface area contributed by atoms with E-state index in [2.05, 4.69) is 135 Å². The highest BCUT2D eigenvalue weighted by Gasteiger charge is 2.62. The summed E-state index contributed by atoms with van der Waals surface area (Å²) in [7, 11) is -0.652. The van der Waals surface area contributed by atoms with Gasteiger partial charge in [-0.05, 0) is 73.1 Å². The third-order valence-electron chi connectivity index (χ3n) is 10.1. The first kappa shape index (κ1) is 28.8. The molecule has 0 N–H and O–H groups in total. The molecule has 41 heavy (non-hydrogen) atoms. The second-order valence-corrected chi connectivity index (χ2v) is 18.4. The van der Waals surface area contributed by atoms with E-state index in [0.717, 1.165) is 0 Å². The third kappa shape index (κ3) is 4.85. The van der Waals surface area contributed by atoms with Gasteiger partial charge in [-0.3, -0.25) is 0 Å². The normalized spacial score (nSPS) is 21.6. The van der Waals surface area contributed by atoms with Gasteiger partial charge in [0.15, 0.2) is 0 Å². The minimum absolute atomic E-state index is 0.131. The second-order valence-electron chi connectivity index (χ2n) is 12.2. The molecule has 2 aliphatic rings. The Hall–Kier alpha value is -2.26. The van der Waals surface area contributed by atoms with Crippen LogP contribution in [0.5, 0.6) is 0 Å². The predicted octanol–water partition coefficient (Wildman–Crippen LogP) is 11.7. The van der Waals surface area contributed by atoms with Crippen molar-refractivity contribution in [2.24, 2.45) is 0 Å². The maximum absolute atomic E-state index is 2.47. The molecular weight excluding hydrogens is 530 g/mol. The molecule has 0 bridgehead atoms. The Morgan fingerprint density at radius 3 is 1.05 bits per heavy atom. The molecule has 4 aromatic carbocycles. The van der Waals surface area contributed by atoms with Crippen molar-refractivity contribution in [3.05, 3.63) is 144 Å². The Balaban J connectivity index is 1.63. The average Bonchev–Trinajstić information content (AvgIpc) is 3.70. The number of hydrogen-bond donors (Lipinski definition) is 0. The number of hydrogen-bond acceptors (Lipinski definition) is 0. The van der Waals surface area contributed by atoms with E-state index in [9.17, 15) is 0 Å². The van der Waals surface area contributed by atoms with E-state index in [1.165, 1.54) is 63.7 Å². The van der Waals surface area contributed by atoms with Gasteiger partial charge in [-0.2, -0.15) is 0 Å². The highest BCUT2D eigenvalue weighted by atomic mass is 31.2. The topological polar surface area (TPSA) is 0 Å². The zero-order valence-electron chi connectivity index (χ0n) is 25.0. The monoisotopic (exact) mass is 576 g/mol. The van der Waals surface area contributed by atoms with Crippen LogP contribution in [0.4, 0.5) is 0 Å². The van der Waals surface area contributed by atoms with E-state index in [-0.39, 0.29) is 26.2 Å². The second kappa shape index (κ2) is 12.5. The number of benzene rings is 4. The van der Waals surface area contributed by atoms with Crippen molar-refractivity contribution in [2.45, 2.75) is 80.4 Å². The molecule has 0 aromatic heterocycles. The first-order chi connectivity index (χ1) is 20.2. The lowest BCUT2D eigenvalue weighted by Crippen LogP contribution is -2.39. The summed E-state index contributed by atoms with van der Waals surface area (Å²) in [6.45, 7) is 4.95. The molecule has 0 amide bonds. The molecule has 4 aromatic rings. The lowest BCUT2D eigenvalue weighted by Gasteiger charge is -2.57. The van der Waals surface area contributed by atoms with Gasteiger partial charge in [0.1, 0.15) is 0 Å². The van der Waals surface area contributed by atoms with Crippen LogP contribution in [-0.2, 0) is 10.3 Å². The van der Waals surface area contributed by atoms with Gasteiger partial charge in [-0.1, -0.05) is 164 Å². The van der Waals surface area contributed by atoms with Crippen LogP contribution in [0.25, 0.3) is 0 Å². The summed E-state index contributed by atoms with van der Waals surface area (Å²) in [5.41, 5.74) is 6.30. The molecular formula is C39H46P2. The molecule has 2 heteroatoms. The van der Waals surface area contributed by atoms with Crippen molar-refractivity contribution < 1.29 is 0 Å². The summed E-state index contributed by atoms with van der Waals surface area (Å²) in [4.78, 5) is 0.374. The van der Waals surface area contributed by atoms with E-state index in [0.29, 0.717) is 4.90 Å². The fourth-order valence-corrected chi connectivity index (χ4v) is 20.2. The van der Waals surface area contributed by atoms with Gasteiger partial charge in [-0.15, -0.1) is 0 Å². The van der Waals surface area contributed by atoms with Gasteiger partial charge in [0, 0.05) is 15.2 Å². The third-order valence-corrected chi connectivity index (χ3v) is 19.3. The van der Waals surface area contributed by atoms with Crippen molar-refractivity contribution in [2.75, 3.05) is 12.3 Å². The van der Waals surface area contributed by atoms with Crippen LogP contribution in [0.2, 0.25) is 0 Å². The van der Waals surface area contributed by atoms with E-state index in [1.54, 1.807) is 22.3 Å². The van der Waals surface area contributed by atoms with Gasteiger partial charge >= 0.3 is 0 Å². The average molecular weight is 577 g/mol. The van der Waals surface area contributed by atoms with Crippen LogP contribution in [0, 0.1) is 0 Å². The highest BCUT2D eigenvalue weighted by Crippen LogP contribution is 2.87. The van der Waals surface area contributed by atoms with Crippen LogP contribution in [0.3, 0.4) is 0 Å². The zero-order chi connectivity index (χ0) is 28.2. The Morgan fingerprint density at radius 2 is 0.780 bits per heavy atom. The molecule has 2 unspecified atom stereocenters. The molecule has 2 saturated heterocycles. The van der Waals surface area contributed by atoms with Crippen molar-refractivity contribution in [3.63, 3.8) is 0 Å². The molecule has 2 aliphatic heterocycles. The van der Waals surface area contributed by atoms with Crippen molar-refractivity contribution in [1.82, 2.24) is 0 Å². The molecule has 0 nitrogen and oxygen atoms in total. The van der Waals surface area contributed by atoms with E-state index in [1.807, 2.05) is 0 Å². The van der Waals surface area contributed by atoms with Gasteiger partial charge in [-0.25, -0.2) is 0 Å². The molecule has 6 rings (SSSR count). The summed E-state index contributed by atoms with van der Waals surface area (Å²) in [5, 5.41) is 0.262. The summed E-state index contributed by atoms with van der Waals surface area (Å²) in [5.74, 6) is 0. The standard InChI is InChI=1S/C39H46P2/c1-3-27-37(28-4-2,40-31-17-29-38(40,33-19-9-5-10-20-33)34-21-11-6-12-22-34)41-32-18-30-39(41,35-23-13-7-14-24-35)36-25-15-8-16-26-36/h5-16,19-26H,3-4,17-18,27-32H2,1-2H3. The highest BCUT2D eigenvalue weighted by molar-refractivity contribution is 7.79. The number of rotatable bonds is 10. The minimum Gasteiger partial charge on any atom is -0.0802 e. The summed E-state index contributed by atoms with van der Waals surface area (Å²) in [6, 6.07) is 47.0. The molecule has 0 spiro atoms. The minimum atomic E-state index is -0.326. The fraction of sp³-hybridized carbons (Fsp3) is 0.385. The lowest BCUT2D eigenvalue weighted by molar-refractivity contribution is 0.583. The lowest BCUT2D eigenvalue weighted by atomic mass is 9.87. The maximum Gasteiger partial charge on any atom is 0.0409 e. The van der Waals surface area contributed by atoms with Crippen molar-refractivity contribution >= 4 is 15.8 Å². The quantitative estimate of drug-likeness (QED) is 0.165. The van der Waals surface area contributed by atoms with Crippen molar-refractivity contribution in [3.8, 4) is 0 Å². The molecule has 0 radical (unpaired) electrons. The Labute approximate surface area is 251 Å². The SMILES string of the molecule is CCCC(CCC)(P1CCCC1(c1ccccc1)c1ccccc1)P1CCCC1(c1ccccc1)c1ccccc1. The maximum atomic E-state index is 2.47. The van der Waals surface area contributed by atoms with Gasteiger partial charge in [0.2, 0.25) is 0 Å². The molecule has 2 fully saturated rings. The van der Waals surface area contributed by atoms with E-state index < -0.39 is 0 Å². The van der Waals surface area contributed by atoms with Crippen LogP contribution < -0.4 is 0 Å². The first-order valence-electron chi connectivity index (χ1n) is 16.0. The molecule has 0 saturated carbocycles. The van der Waals surface area contributed by atoms with Crippen LogP contribution in [0.1, 0.15) is 87.5 Å². The van der Waals surface area contributed by atoms with Crippen LogP contribution in [0.15, 0.2) is 121 Å². The van der Waals surface area contributed by atoms with Crippen molar-refractivity contribution in [1.29, 1.82) is 0 Å². The van der Waals surface area contributed by atoms with Crippen LogP contribution in [-0.4, -0.2) is 17.2 Å². The first-order valence-corrected chi connectivity index (χ1v) is 19.1. The van der Waals surface area contributed by atoms with Gasteiger partial charge in [0.25, 0.3) is 0 Å². The predicted molar refractivity (Wildman–Crippen MR) is 182 cm³/mol. The molecule has 0 aliphatic carbocycles. The van der Waals surface area contributed by atoms with Gasteiger partial charge < -0.3 is 0 Å². The fourth-order valence-electron chi connectivity index (χ4n) is 8.77. The Bertz CT molecular complexity index is 1180. The smallest absolute Gasteiger partial charge is 0.0409 e.